The van der Waals surface area contributed by atoms with Crippen molar-refractivity contribution in [1.29, 1.82) is 0 Å². The molecule has 2 fully saturated rings. The van der Waals surface area contributed by atoms with E-state index >= 15 is 0 Å². The first-order valence-corrected chi connectivity index (χ1v) is 8.91. The van der Waals surface area contributed by atoms with E-state index in [0.717, 1.165) is 31.7 Å². The van der Waals surface area contributed by atoms with E-state index in [4.69, 9.17) is 9.47 Å². The van der Waals surface area contributed by atoms with Crippen molar-refractivity contribution in [3.05, 3.63) is 18.6 Å². The van der Waals surface area contributed by atoms with Crippen LogP contribution < -0.4 is 10.2 Å². The first-order valence-electron chi connectivity index (χ1n) is 8.91. The van der Waals surface area contributed by atoms with Gasteiger partial charge in [0, 0.05) is 30.9 Å². The third-order valence-electron chi connectivity index (χ3n) is 5.07. The van der Waals surface area contributed by atoms with Gasteiger partial charge < -0.3 is 19.7 Å². The van der Waals surface area contributed by atoms with Gasteiger partial charge in [-0.2, -0.15) is 0 Å². The van der Waals surface area contributed by atoms with E-state index in [1.807, 2.05) is 27.7 Å². The Hall–Kier alpha value is -1.89. The molecule has 138 valence electrons. The molecule has 1 spiro atoms. The predicted octanol–water partition coefficient (Wildman–Crippen LogP) is 2.38. The highest BCUT2D eigenvalue weighted by Gasteiger charge is 2.50. The summed E-state index contributed by atoms with van der Waals surface area (Å²) in [5.41, 5.74) is -0.551. The molecule has 0 aromatic carbocycles. The van der Waals surface area contributed by atoms with Gasteiger partial charge in [-0.25, -0.2) is 9.78 Å². The average molecular weight is 348 g/mol. The van der Waals surface area contributed by atoms with Crippen LogP contribution in [0.25, 0.3) is 0 Å². The molecule has 0 bridgehead atoms. The van der Waals surface area contributed by atoms with Crippen LogP contribution in [0, 0.1) is 5.41 Å². The van der Waals surface area contributed by atoms with E-state index in [-0.39, 0.29) is 23.7 Å². The van der Waals surface area contributed by atoms with Crippen LogP contribution in [0.3, 0.4) is 0 Å². The van der Waals surface area contributed by atoms with Crippen LogP contribution in [0.5, 0.6) is 0 Å². The molecular weight excluding hydrogens is 320 g/mol. The Kier molecular flexibility index (Phi) is 4.86. The van der Waals surface area contributed by atoms with Crippen molar-refractivity contribution in [3.8, 4) is 0 Å². The maximum atomic E-state index is 12.3. The van der Waals surface area contributed by atoms with Crippen molar-refractivity contribution in [2.24, 2.45) is 5.41 Å². The van der Waals surface area contributed by atoms with Gasteiger partial charge in [0.2, 0.25) is 0 Å². The molecule has 1 N–H and O–H groups in total. The fraction of sp³-hybridized carbons (Fsp3) is 0.722. The van der Waals surface area contributed by atoms with Crippen molar-refractivity contribution in [2.45, 2.75) is 58.3 Å². The lowest BCUT2D eigenvalue weighted by molar-refractivity contribution is 0.0434. The standard InChI is InChI=1S/C18H28N4O3/c1-13-15(21-16(23)25-17(2,3)4)18(12-24-13)5-9-22(10-6-18)14-11-19-7-8-20-14/h7-8,11,13,15H,5-6,9-10,12H2,1-4H3,(H,21,23)/t13-,15+/m0/s1. The molecular formula is C18H28N4O3. The van der Waals surface area contributed by atoms with Crippen LogP contribution in [0.15, 0.2) is 18.6 Å². The molecule has 0 radical (unpaired) electrons. The quantitative estimate of drug-likeness (QED) is 0.884. The van der Waals surface area contributed by atoms with Crippen molar-refractivity contribution in [3.63, 3.8) is 0 Å². The van der Waals surface area contributed by atoms with Crippen LogP contribution >= 0.6 is 0 Å². The van der Waals surface area contributed by atoms with Crippen LogP contribution in [0.2, 0.25) is 0 Å². The predicted molar refractivity (Wildman–Crippen MR) is 94.5 cm³/mol. The molecule has 1 aromatic heterocycles. The van der Waals surface area contributed by atoms with Gasteiger partial charge in [0.25, 0.3) is 0 Å². The van der Waals surface area contributed by atoms with Gasteiger partial charge in [0.1, 0.15) is 11.4 Å². The first-order chi connectivity index (χ1) is 11.8. The lowest BCUT2D eigenvalue weighted by atomic mass is 9.73. The Morgan fingerprint density at radius 1 is 1.36 bits per heavy atom. The Morgan fingerprint density at radius 3 is 2.68 bits per heavy atom. The van der Waals surface area contributed by atoms with Gasteiger partial charge >= 0.3 is 6.09 Å². The molecule has 2 atom stereocenters. The summed E-state index contributed by atoms with van der Waals surface area (Å²) >= 11 is 0. The van der Waals surface area contributed by atoms with Gasteiger partial charge in [-0.1, -0.05) is 0 Å². The summed E-state index contributed by atoms with van der Waals surface area (Å²) in [4.78, 5) is 23.0. The number of nitrogens with zero attached hydrogens (tertiary/aromatic N) is 3. The smallest absolute Gasteiger partial charge is 0.407 e. The monoisotopic (exact) mass is 348 g/mol. The average Bonchev–Trinajstić information content (AvgIpc) is 2.84. The minimum absolute atomic E-state index is 0.0180. The molecule has 1 aromatic rings. The second kappa shape index (κ2) is 6.78. The maximum Gasteiger partial charge on any atom is 0.407 e. The zero-order valence-electron chi connectivity index (χ0n) is 15.5. The molecule has 25 heavy (non-hydrogen) atoms. The van der Waals surface area contributed by atoms with Crippen LogP contribution in [-0.4, -0.2) is 53.5 Å². The number of nitrogens with one attached hydrogen (secondary N) is 1. The summed E-state index contributed by atoms with van der Waals surface area (Å²) in [6, 6.07) is -0.0358. The highest BCUT2D eigenvalue weighted by molar-refractivity contribution is 5.68. The molecule has 7 heteroatoms. The fourth-order valence-electron chi connectivity index (χ4n) is 3.78. The Bertz CT molecular complexity index is 594. The third-order valence-corrected chi connectivity index (χ3v) is 5.07. The number of hydrogen-bond donors (Lipinski definition) is 1. The molecule has 0 unspecified atom stereocenters. The summed E-state index contributed by atoms with van der Waals surface area (Å²) in [6.45, 7) is 10.1. The van der Waals surface area contributed by atoms with Crippen molar-refractivity contribution >= 4 is 11.9 Å². The molecule has 1 amide bonds. The number of alkyl carbamates (subject to hydrolysis) is 1. The number of carbonyl (C=O) groups excluding carboxylic acids is 1. The lowest BCUT2D eigenvalue weighted by Crippen LogP contribution is -2.55. The molecule has 7 nitrogen and oxygen atoms in total. The Morgan fingerprint density at radius 2 is 2.08 bits per heavy atom. The van der Waals surface area contributed by atoms with E-state index in [9.17, 15) is 4.79 Å². The van der Waals surface area contributed by atoms with E-state index in [2.05, 4.69) is 20.2 Å². The van der Waals surface area contributed by atoms with E-state index in [1.54, 1.807) is 18.6 Å². The van der Waals surface area contributed by atoms with Crippen LogP contribution in [0.1, 0.15) is 40.5 Å². The number of amides is 1. The number of aromatic nitrogens is 2. The highest BCUT2D eigenvalue weighted by atomic mass is 16.6. The number of ether oxygens (including phenoxy) is 2. The molecule has 0 aliphatic carbocycles. The molecule has 3 rings (SSSR count). The van der Waals surface area contributed by atoms with E-state index in [1.165, 1.54) is 0 Å². The normalized spacial score (nSPS) is 25.8. The number of anilines is 1. The maximum absolute atomic E-state index is 12.3. The second-order valence-electron chi connectivity index (χ2n) is 8.05. The second-order valence-corrected chi connectivity index (χ2v) is 8.05. The molecule has 0 saturated carbocycles. The van der Waals surface area contributed by atoms with Gasteiger partial charge in [0.15, 0.2) is 0 Å². The summed E-state index contributed by atoms with van der Waals surface area (Å²) < 4.78 is 11.4. The number of hydrogen-bond acceptors (Lipinski definition) is 6. The number of piperidine rings is 1. The summed E-state index contributed by atoms with van der Waals surface area (Å²) in [6.07, 6.45) is 6.68. The minimum Gasteiger partial charge on any atom is -0.444 e. The van der Waals surface area contributed by atoms with Crippen molar-refractivity contribution in [1.82, 2.24) is 15.3 Å². The van der Waals surface area contributed by atoms with Crippen LogP contribution in [-0.2, 0) is 9.47 Å². The Balaban J connectivity index is 1.65. The topological polar surface area (TPSA) is 76.6 Å². The highest BCUT2D eigenvalue weighted by Crippen LogP contribution is 2.42. The van der Waals surface area contributed by atoms with Crippen molar-refractivity contribution in [2.75, 3.05) is 24.6 Å². The van der Waals surface area contributed by atoms with Gasteiger partial charge in [-0.15, -0.1) is 0 Å². The van der Waals surface area contributed by atoms with Gasteiger partial charge in [-0.05, 0) is 40.5 Å². The SMILES string of the molecule is C[C@@H]1OCC2(CCN(c3cnccn3)CC2)[C@@H]1NC(=O)OC(C)(C)C. The molecule has 2 aliphatic rings. The van der Waals surface area contributed by atoms with Gasteiger partial charge in [-0.3, -0.25) is 4.98 Å². The molecule has 2 aliphatic heterocycles. The Labute approximate surface area is 149 Å². The van der Waals surface area contributed by atoms with Gasteiger partial charge in [0.05, 0.1) is 24.9 Å². The summed E-state index contributed by atoms with van der Waals surface area (Å²) in [5.74, 6) is 0.904. The number of rotatable bonds is 2. The molecule has 2 saturated heterocycles. The lowest BCUT2D eigenvalue weighted by Gasteiger charge is -2.42. The zero-order chi connectivity index (χ0) is 18.1. The summed E-state index contributed by atoms with van der Waals surface area (Å²) in [5, 5.41) is 3.07. The number of carbonyl (C=O) groups is 1. The van der Waals surface area contributed by atoms with E-state index < -0.39 is 5.60 Å². The largest absolute Gasteiger partial charge is 0.444 e. The third kappa shape index (κ3) is 4.03. The van der Waals surface area contributed by atoms with E-state index in [0.29, 0.717) is 6.61 Å². The van der Waals surface area contributed by atoms with Crippen molar-refractivity contribution < 1.29 is 14.3 Å². The molecule has 3 heterocycles. The summed E-state index contributed by atoms with van der Waals surface area (Å²) in [7, 11) is 0. The first kappa shape index (κ1) is 17.9. The fourth-order valence-corrected chi connectivity index (χ4v) is 3.78. The zero-order valence-corrected chi connectivity index (χ0v) is 15.5. The van der Waals surface area contributed by atoms with Crippen LogP contribution in [0.4, 0.5) is 10.6 Å². The minimum atomic E-state index is -0.505.